The Morgan fingerprint density at radius 3 is 1.33 bits per heavy atom. The molecule has 9 aromatic rings. The van der Waals surface area contributed by atoms with Gasteiger partial charge in [0.1, 0.15) is 0 Å². The molecule has 1 heteroatoms. The Labute approximate surface area is 298 Å². The molecule has 0 saturated carbocycles. The van der Waals surface area contributed by atoms with Gasteiger partial charge >= 0.3 is 0 Å². The first-order valence-electron chi connectivity index (χ1n) is 17.6. The number of para-hydroxylation sites is 2. The van der Waals surface area contributed by atoms with E-state index >= 15 is 0 Å². The van der Waals surface area contributed by atoms with Crippen LogP contribution in [0.2, 0.25) is 0 Å². The highest BCUT2D eigenvalue weighted by atomic mass is 15.1. The summed E-state index contributed by atoms with van der Waals surface area (Å²) in [6.45, 7) is 0. The van der Waals surface area contributed by atoms with Gasteiger partial charge in [0.05, 0.1) is 5.69 Å². The van der Waals surface area contributed by atoms with Gasteiger partial charge in [-0.25, -0.2) is 0 Å². The Balaban J connectivity index is 1.21. The molecule has 0 N–H and O–H groups in total. The Kier molecular flexibility index (Phi) is 6.89. The van der Waals surface area contributed by atoms with Crippen molar-refractivity contribution in [1.29, 1.82) is 0 Å². The third kappa shape index (κ3) is 4.78. The molecular weight excluding hydrogens is 615 g/mol. The molecule has 0 spiro atoms. The fraction of sp³-hybridized carbons (Fsp3) is 0. The Hall–Kier alpha value is -6.70. The second kappa shape index (κ2) is 12.0. The van der Waals surface area contributed by atoms with Crippen LogP contribution in [0.15, 0.2) is 200 Å². The molecule has 0 radical (unpaired) electrons. The summed E-state index contributed by atoms with van der Waals surface area (Å²) >= 11 is 0. The van der Waals surface area contributed by atoms with Gasteiger partial charge < -0.3 is 4.90 Å². The van der Waals surface area contributed by atoms with E-state index in [-0.39, 0.29) is 0 Å². The van der Waals surface area contributed by atoms with Gasteiger partial charge in [-0.15, -0.1) is 0 Å². The zero-order valence-electron chi connectivity index (χ0n) is 28.0. The summed E-state index contributed by atoms with van der Waals surface area (Å²) in [6.07, 6.45) is 0. The normalized spacial score (nSPS) is 11.5. The molecule has 0 unspecified atom stereocenters. The first-order valence-corrected chi connectivity index (χ1v) is 17.6. The number of fused-ring (bicyclic) bond motifs is 6. The minimum Gasteiger partial charge on any atom is -0.310 e. The largest absolute Gasteiger partial charge is 0.310 e. The van der Waals surface area contributed by atoms with Crippen LogP contribution in [-0.4, -0.2) is 0 Å². The summed E-state index contributed by atoms with van der Waals surface area (Å²) in [5.74, 6) is 0. The number of anilines is 3. The summed E-state index contributed by atoms with van der Waals surface area (Å²) in [6, 6.07) is 72.7. The van der Waals surface area contributed by atoms with E-state index in [9.17, 15) is 0 Å². The predicted molar refractivity (Wildman–Crippen MR) is 217 cm³/mol. The van der Waals surface area contributed by atoms with Crippen molar-refractivity contribution >= 4 is 38.6 Å². The van der Waals surface area contributed by atoms with Crippen LogP contribution < -0.4 is 4.90 Å². The van der Waals surface area contributed by atoms with Gasteiger partial charge in [0.15, 0.2) is 0 Å². The first kappa shape index (κ1) is 29.2. The van der Waals surface area contributed by atoms with Gasteiger partial charge in [-0.3, -0.25) is 0 Å². The topological polar surface area (TPSA) is 3.24 Å². The van der Waals surface area contributed by atoms with Gasteiger partial charge in [-0.1, -0.05) is 158 Å². The lowest BCUT2D eigenvalue weighted by molar-refractivity contribution is 1.29. The fourth-order valence-electron chi connectivity index (χ4n) is 8.10. The maximum absolute atomic E-state index is 2.43. The van der Waals surface area contributed by atoms with Crippen molar-refractivity contribution in [3.05, 3.63) is 200 Å². The standard InChI is InChI=1S/C50H33N/c1-5-17-34(18-6-1)41-25-15-16-28-46(41)51(39-23-11-4-12-24-39)40-30-29-37-32-44-45(33-38(37)31-40)50-48(36-21-9-3-10-22-36)43-27-14-13-26-42(43)47(49(44)50)35-19-7-2-8-20-35/h1-33H. The van der Waals surface area contributed by atoms with E-state index < -0.39 is 0 Å². The van der Waals surface area contributed by atoms with E-state index in [0.29, 0.717) is 0 Å². The zero-order valence-corrected chi connectivity index (χ0v) is 28.0. The molecule has 0 atom stereocenters. The number of hydrogen-bond acceptors (Lipinski definition) is 1. The van der Waals surface area contributed by atoms with Crippen molar-refractivity contribution in [3.63, 3.8) is 0 Å². The summed E-state index contributed by atoms with van der Waals surface area (Å²) in [4.78, 5) is 2.39. The monoisotopic (exact) mass is 647 g/mol. The number of hydrogen-bond donors (Lipinski definition) is 0. The first-order chi connectivity index (χ1) is 25.3. The molecule has 0 aliphatic heterocycles. The predicted octanol–water partition coefficient (Wildman–Crippen LogP) is 14.1. The van der Waals surface area contributed by atoms with Crippen LogP contribution in [0.4, 0.5) is 17.1 Å². The average Bonchev–Trinajstić information content (AvgIpc) is 3.21. The molecule has 238 valence electrons. The van der Waals surface area contributed by atoms with Crippen LogP contribution in [-0.2, 0) is 0 Å². The average molecular weight is 648 g/mol. The lowest BCUT2D eigenvalue weighted by atomic mass is 9.70. The maximum atomic E-state index is 2.43. The molecular formula is C50H33N. The maximum Gasteiger partial charge on any atom is 0.0540 e. The minimum absolute atomic E-state index is 1.12. The van der Waals surface area contributed by atoms with Crippen molar-refractivity contribution < 1.29 is 0 Å². The highest BCUT2D eigenvalue weighted by Crippen LogP contribution is 2.60. The highest BCUT2D eigenvalue weighted by Gasteiger charge is 2.32. The van der Waals surface area contributed by atoms with E-state index in [1.54, 1.807) is 0 Å². The smallest absolute Gasteiger partial charge is 0.0540 e. The molecule has 1 aliphatic carbocycles. The second-order valence-electron chi connectivity index (χ2n) is 13.3. The summed E-state index contributed by atoms with van der Waals surface area (Å²) in [7, 11) is 0. The van der Waals surface area contributed by atoms with E-state index in [4.69, 9.17) is 0 Å². The van der Waals surface area contributed by atoms with Crippen molar-refractivity contribution in [1.82, 2.24) is 0 Å². The molecule has 0 saturated heterocycles. The van der Waals surface area contributed by atoms with E-state index in [1.165, 1.54) is 77.2 Å². The van der Waals surface area contributed by atoms with Crippen molar-refractivity contribution in [2.24, 2.45) is 0 Å². The van der Waals surface area contributed by atoms with Crippen molar-refractivity contribution in [2.75, 3.05) is 4.90 Å². The zero-order chi connectivity index (χ0) is 33.7. The van der Waals surface area contributed by atoms with Crippen molar-refractivity contribution in [2.45, 2.75) is 0 Å². The molecule has 0 heterocycles. The Morgan fingerprint density at radius 2 is 0.745 bits per heavy atom. The van der Waals surface area contributed by atoms with Gasteiger partial charge in [0.2, 0.25) is 0 Å². The molecule has 0 bridgehead atoms. The number of benzene rings is 9. The quantitative estimate of drug-likeness (QED) is 0.174. The highest BCUT2D eigenvalue weighted by molar-refractivity contribution is 6.26. The van der Waals surface area contributed by atoms with E-state index in [0.717, 1.165) is 17.1 Å². The molecule has 10 rings (SSSR count). The lowest BCUT2D eigenvalue weighted by Gasteiger charge is -2.33. The third-order valence-electron chi connectivity index (χ3n) is 10.3. The summed E-state index contributed by atoms with van der Waals surface area (Å²) < 4.78 is 0. The molecule has 0 amide bonds. The molecule has 9 aromatic carbocycles. The van der Waals surface area contributed by atoms with Gasteiger partial charge in [-0.2, -0.15) is 0 Å². The molecule has 0 aromatic heterocycles. The Bertz CT molecular complexity index is 2710. The van der Waals surface area contributed by atoms with E-state index in [2.05, 4.69) is 205 Å². The van der Waals surface area contributed by atoms with Crippen LogP contribution in [0.1, 0.15) is 0 Å². The Morgan fingerprint density at radius 1 is 0.275 bits per heavy atom. The van der Waals surface area contributed by atoms with Crippen LogP contribution in [0, 0.1) is 0 Å². The van der Waals surface area contributed by atoms with Crippen LogP contribution in [0.3, 0.4) is 0 Å². The molecule has 0 fully saturated rings. The number of nitrogens with zero attached hydrogens (tertiary/aromatic N) is 1. The van der Waals surface area contributed by atoms with Gasteiger partial charge in [-0.05, 0) is 114 Å². The van der Waals surface area contributed by atoms with Crippen LogP contribution >= 0.6 is 0 Å². The van der Waals surface area contributed by atoms with Crippen LogP contribution in [0.5, 0.6) is 0 Å². The third-order valence-corrected chi connectivity index (χ3v) is 10.3. The number of rotatable bonds is 6. The minimum atomic E-state index is 1.12. The van der Waals surface area contributed by atoms with Crippen LogP contribution in [0.25, 0.3) is 77.2 Å². The lowest BCUT2D eigenvalue weighted by Crippen LogP contribution is -2.11. The van der Waals surface area contributed by atoms with Gasteiger partial charge in [0.25, 0.3) is 0 Å². The summed E-state index contributed by atoms with van der Waals surface area (Å²) in [5.41, 5.74) is 16.2. The molecule has 51 heavy (non-hydrogen) atoms. The molecule has 1 nitrogen and oxygen atoms in total. The summed E-state index contributed by atoms with van der Waals surface area (Å²) in [5, 5.41) is 5.04. The van der Waals surface area contributed by atoms with Gasteiger partial charge in [0, 0.05) is 16.9 Å². The second-order valence-corrected chi connectivity index (χ2v) is 13.3. The fourth-order valence-corrected chi connectivity index (χ4v) is 8.10. The van der Waals surface area contributed by atoms with Crippen molar-refractivity contribution in [3.8, 4) is 55.6 Å². The SMILES string of the molecule is c1ccc(-c2ccccc2N(c2ccccc2)c2ccc3cc4c(cc3c2)-c2c-4c(-c3ccccc3)c3ccccc3c2-c2ccccc2)cc1. The molecule has 1 aliphatic rings. The van der Waals surface area contributed by atoms with E-state index in [1.807, 2.05) is 0 Å².